The van der Waals surface area contributed by atoms with Crippen LogP contribution >= 0.6 is 15.9 Å². The van der Waals surface area contributed by atoms with E-state index in [1.165, 1.54) is 13.2 Å². The molecule has 1 atom stereocenters. The fraction of sp³-hybridized carbons (Fsp3) is 0.333. The van der Waals surface area contributed by atoms with Crippen LogP contribution in [0.5, 0.6) is 0 Å². The number of benzene rings is 1. The summed E-state index contributed by atoms with van der Waals surface area (Å²) in [5, 5.41) is 2.69. The zero-order valence-electron chi connectivity index (χ0n) is 9.78. The quantitative estimate of drug-likeness (QED) is 0.849. The van der Waals surface area contributed by atoms with Crippen molar-refractivity contribution in [1.82, 2.24) is 5.32 Å². The Morgan fingerprint density at radius 3 is 2.67 bits per heavy atom. The van der Waals surface area contributed by atoms with Crippen molar-refractivity contribution < 1.29 is 18.7 Å². The normalized spacial score (nSPS) is 17.5. The van der Waals surface area contributed by atoms with Crippen LogP contribution in [0.25, 0.3) is 0 Å². The molecule has 1 aliphatic rings. The van der Waals surface area contributed by atoms with E-state index >= 15 is 0 Å². The molecule has 1 aliphatic heterocycles. The van der Waals surface area contributed by atoms with Crippen molar-refractivity contribution in [2.24, 2.45) is 0 Å². The van der Waals surface area contributed by atoms with E-state index in [-0.39, 0.29) is 17.6 Å². The Balaban J connectivity index is 0.000000357. The van der Waals surface area contributed by atoms with Crippen LogP contribution in [-0.2, 0) is 14.3 Å². The number of methoxy groups -OCH3 is 1. The summed E-state index contributed by atoms with van der Waals surface area (Å²) in [7, 11) is 1.31. The van der Waals surface area contributed by atoms with Gasteiger partial charge in [-0.05, 0) is 17.7 Å². The highest BCUT2D eigenvalue weighted by Gasteiger charge is 2.25. The van der Waals surface area contributed by atoms with Crippen LogP contribution in [0.4, 0.5) is 4.39 Å². The van der Waals surface area contributed by atoms with Crippen molar-refractivity contribution >= 4 is 28.3 Å². The highest BCUT2D eigenvalue weighted by molar-refractivity contribution is 9.10. The van der Waals surface area contributed by atoms with Crippen molar-refractivity contribution in [2.45, 2.75) is 12.3 Å². The summed E-state index contributed by atoms with van der Waals surface area (Å²) >= 11 is 3.19. The third-order valence-corrected chi connectivity index (χ3v) is 2.97. The van der Waals surface area contributed by atoms with Gasteiger partial charge in [-0.1, -0.05) is 22.0 Å². The van der Waals surface area contributed by atoms with Crippen molar-refractivity contribution in [2.75, 3.05) is 13.7 Å². The lowest BCUT2D eigenvalue weighted by molar-refractivity contribution is -0.126. The second-order valence-corrected chi connectivity index (χ2v) is 4.62. The molecule has 1 aromatic rings. The monoisotopic (exact) mass is 317 g/mol. The predicted molar refractivity (Wildman–Crippen MR) is 67.5 cm³/mol. The Morgan fingerprint density at radius 1 is 1.56 bits per heavy atom. The van der Waals surface area contributed by atoms with E-state index in [1.807, 2.05) is 0 Å². The second-order valence-electron chi connectivity index (χ2n) is 3.70. The smallest absolute Gasteiger partial charge is 0.292 e. The SMILES string of the molecule is COC=O.O=C1C[C@H](c2ccc(Br)cc2F)CN1. The van der Waals surface area contributed by atoms with Gasteiger partial charge in [-0.25, -0.2) is 4.39 Å². The molecule has 4 nitrogen and oxygen atoms in total. The Kier molecular flexibility index (Phi) is 5.77. The van der Waals surface area contributed by atoms with Gasteiger partial charge in [0.05, 0.1) is 7.11 Å². The number of amides is 1. The molecule has 1 amide bonds. The van der Waals surface area contributed by atoms with Crippen molar-refractivity contribution in [1.29, 1.82) is 0 Å². The summed E-state index contributed by atoms with van der Waals surface area (Å²) in [4.78, 5) is 19.9. The molecule has 98 valence electrons. The van der Waals surface area contributed by atoms with Gasteiger partial charge in [0.25, 0.3) is 6.47 Å². The van der Waals surface area contributed by atoms with E-state index in [0.717, 1.165) is 4.47 Å². The number of nitrogens with one attached hydrogen (secondary N) is 1. The van der Waals surface area contributed by atoms with E-state index < -0.39 is 0 Å². The van der Waals surface area contributed by atoms with E-state index in [1.54, 1.807) is 12.1 Å². The summed E-state index contributed by atoms with van der Waals surface area (Å²) in [6.07, 6.45) is 0.387. The highest BCUT2D eigenvalue weighted by Crippen LogP contribution is 2.27. The molecule has 2 rings (SSSR count). The van der Waals surface area contributed by atoms with Gasteiger partial charge in [-0.15, -0.1) is 0 Å². The number of halogens is 2. The first-order chi connectivity index (χ1) is 8.58. The molecule has 1 N–H and O–H groups in total. The maximum Gasteiger partial charge on any atom is 0.292 e. The molecular weight excluding hydrogens is 305 g/mol. The predicted octanol–water partition coefficient (Wildman–Crippen LogP) is 1.98. The third kappa shape index (κ3) is 4.10. The summed E-state index contributed by atoms with van der Waals surface area (Å²) in [5.41, 5.74) is 0.617. The Hall–Kier alpha value is -1.43. The fourth-order valence-corrected chi connectivity index (χ4v) is 1.99. The Labute approximate surface area is 113 Å². The highest BCUT2D eigenvalue weighted by atomic mass is 79.9. The molecule has 0 radical (unpaired) electrons. The van der Waals surface area contributed by atoms with Gasteiger partial charge < -0.3 is 10.1 Å². The molecule has 1 heterocycles. The van der Waals surface area contributed by atoms with Gasteiger partial charge in [0.2, 0.25) is 5.91 Å². The lowest BCUT2D eigenvalue weighted by atomic mass is 9.98. The molecule has 1 saturated heterocycles. The molecule has 18 heavy (non-hydrogen) atoms. The van der Waals surface area contributed by atoms with Gasteiger partial charge in [0, 0.05) is 23.4 Å². The zero-order chi connectivity index (χ0) is 13.5. The van der Waals surface area contributed by atoms with Gasteiger partial charge in [-0.3, -0.25) is 9.59 Å². The van der Waals surface area contributed by atoms with Crippen molar-refractivity contribution in [3.63, 3.8) is 0 Å². The van der Waals surface area contributed by atoms with Crippen LogP contribution in [-0.4, -0.2) is 26.0 Å². The summed E-state index contributed by atoms with van der Waals surface area (Å²) in [6.45, 7) is 0.914. The minimum atomic E-state index is -0.249. The first-order valence-electron chi connectivity index (χ1n) is 5.26. The zero-order valence-corrected chi connectivity index (χ0v) is 11.4. The average molecular weight is 318 g/mol. The summed E-state index contributed by atoms with van der Waals surface area (Å²) in [6, 6.07) is 4.95. The number of rotatable bonds is 2. The van der Waals surface area contributed by atoms with E-state index in [9.17, 15) is 9.18 Å². The maximum atomic E-state index is 13.5. The molecule has 0 unspecified atom stereocenters. The van der Waals surface area contributed by atoms with Gasteiger partial charge in [0.15, 0.2) is 0 Å². The molecule has 0 aliphatic carbocycles. The number of hydrogen-bond donors (Lipinski definition) is 1. The summed E-state index contributed by atoms with van der Waals surface area (Å²) in [5.74, 6) is -0.270. The Morgan fingerprint density at radius 2 is 2.22 bits per heavy atom. The molecular formula is C12H13BrFNO3. The molecule has 0 bridgehead atoms. The average Bonchev–Trinajstić information content (AvgIpc) is 2.76. The molecule has 0 saturated carbocycles. The number of carbonyl (C=O) groups excluding carboxylic acids is 2. The van der Waals surface area contributed by atoms with Crippen LogP contribution < -0.4 is 5.32 Å². The lowest BCUT2D eigenvalue weighted by Crippen LogP contribution is -2.13. The van der Waals surface area contributed by atoms with Crippen molar-refractivity contribution in [3.8, 4) is 0 Å². The largest absolute Gasteiger partial charge is 0.471 e. The van der Waals surface area contributed by atoms with Crippen LogP contribution in [0.1, 0.15) is 17.9 Å². The first kappa shape index (κ1) is 14.6. The summed E-state index contributed by atoms with van der Waals surface area (Å²) < 4.78 is 18.0. The minimum Gasteiger partial charge on any atom is -0.471 e. The molecule has 1 aromatic carbocycles. The molecule has 1 fully saturated rings. The van der Waals surface area contributed by atoms with Gasteiger partial charge in [-0.2, -0.15) is 0 Å². The van der Waals surface area contributed by atoms with Crippen LogP contribution in [0.15, 0.2) is 22.7 Å². The van der Waals surface area contributed by atoms with E-state index in [2.05, 4.69) is 26.0 Å². The molecule has 0 aromatic heterocycles. The lowest BCUT2D eigenvalue weighted by Gasteiger charge is -2.08. The number of hydrogen-bond acceptors (Lipinski definition) is 3. The minimum absolute atomic E-state index is 0.00248. The standard InChI is InChI=1S/C10H9BrFNO.C2H4O2/c11-7-1-2-8(9(12)4-7)6-3-10(14)13-5-6;1-4-2-3/h1-2,4,6H,3,5H2,(H,13,14);2H,1H3/t6-;/m0./s1. The van der Waals surface area contributed by atoms with E-state index in [4.69, 9.17) is 4.79 Å². The number of carbonyl (C=O) groups is 2. The number of ether oxygens (including phenoxy) is 1. The third-order valence-electron chi connectivity index (χ3n) is 2.48. The first-order valence-corrected chi connectivity index (χ1v) is 6.06. The van der Waals surface area contributed by atoms with E-state index in [0.29, 0.717) is 25.0 Å². The van der Waals surface area contributed by atoms with Crippen LogP contribution in [0.2, 0.25) is 0 Å². The van der Waals surface area contributed by atoms with Crippen LogP contribution in [0, 0.1) is 5.82 Å². The maximum absolute atomic E-state index is 13.5. The van der Waals surface area contributed by atoms with Crippen LogP contribution in [0.3, 0.4) is 0 Å². The van der Waals surface area contributed by atoms with Gasteiger partial charge in [0.1, 0.15) is 5.82 Å². The Bertz CT molecular complexity index is 439. The topological polar surface area (TPSA) is 55.4 Å². The van der Waals surface area contributed by atoms with Crippen molar-refractivity contribution in [3.05, 3.63) is 34.1 Å². The molecule has 6 heteroatoms. The van der Waals surface area contributed by atoms with Gasteiger partial charge >= 0.3 is 0 Å². The molecule has 0 spiro atoms. The fourth-order valence-electron chi connectivity index (χ4n) is 1.66. The second kappa shape index (κ2) is 7.10.